The lowest BCUT2D eigenvalue weighted by molar-refractivity contribution is 1.26. The van der Waals surface area contributed by atoms with Crippen molar-refractivity contribution in [2.45, 2.75) is 20.3 Å². The summed E-state index contributed by atoms with van der Waals surface area (Å²) in [5, 5.41) is 0. The predicted octanol–water partition coefficient (Wildman–Crippen LogP) is 6.42. The Labute approximate surface area is 130 Å². The second-order valence-electron chi connectivity index (χ2n) is 5.15. The second-order valence-corrected chi connectivity index (χ2v) is 5.15. The van der Waals surface area contributed by atoms with Crippen LogP contribution in [0.1, 0.15) is 20.3 Å². The molecule has 0 aromatic carbocycles. The smallest absolute Gasteiger partial charge is 0.00943 e. The van der Waals surface area contributed by atoms with Gasteiger partial charge < -0.3 is 0 Å². The Hall–Kier alpha value is -2.34. The van der Waals surface area contributed by atoms with Gasteiger partial charge >= 0.3 is 0 Å². The van der Waals surface area contributed by atoms with Gasteiger partial charge in [-0.25, -0.2) is 0 Å². The maximum Gasteiger partial charge on any atom is -0.00943 e. The van der Waals surface area contributed by atoms with Crippen molar-refractivity contribution >= 4 is 0 Å². The quantitative estimate of drug-likeness (QED) is 0.427. The molecule has 0 N–H and O–H groups in total. The van der Waals surface area contributed by atoms with E-state index in [1.165, 1.54) is 0 Å². The molecule has 0 aliphatic heterocycles. The van der Waals surface area contributed by atoms with Crippen molar-refractivity contribution in [2.75, 3.05) is 0 Å². The van der Waals surface area contributed by atoms with Crippen LogP contribution in [0.4, 0.5) is 0 Å². The largest absolute Gasteiger partial charge is 0.0961 e. The molecule has 0 nitrogen and oxygen atoms in total. The lowest BCUT2D eigenvalue weighted by Crippen LogP contribution is -1.83. The van der Waals surface area contributed by atoms with E-state index in [1.807, 2.05) is 50.3 Å². The highest BCUT2D eigenvalue weighted by Crippen LogP contribution is 2.15. The molecule has 0 amide bonds. The standard InChI is InChI=1S/C21H26/c1-16(2)12-14-20(7)18(5)10-9-11-19(6)21(8)15-13-17(3)4/h9-10,12-15H,1,3,5-8,11H2,2,4H3/b10-9-,14-12-,15-13-. The van der Waals surface area contributed by atoms with Gasteiger partial charge in [0.05, 0.1) is 0 Å². The monoisotopic (exact) mass is 278 g/mol. The van der Waals surface area contributed by atoms with Crippen LogP contribution in [-0.4, -0.2) is 0 Å². The minimum absolute atomic E-state index is 0.732. The Morgan fingerprint density at radius 2 is 1.05 bits per heavy atom. The van der Waals surface area contributed by atoms with Crippen LogP contribution in [0.3, 0.4) is 0 Å². The van der Waals surface area contributed by atoms with Crippen LogP contribution in [0.15, 0.2) is 109 Å². The van der Waals surface area contributed by atoms with Gasteiger partial charge in [0.25, 0.3) is 0 Å². The average molecular weight is 278 g/mol. The Morgan fingerprint density at radius 1 is 0.619 bits per heavy atom. The van der Waals surface area contributed by atoms with E-state index in [4.69, 9.17) is 0 Å². The summed E-state index contributed by atoms with van der Waals surface area (Å²) in [6, 6.07) is 0. The zero-order valence-electron chi connectivity index (χ0n) is 13.4. The predicted molar refractivity (Wildman–Crippen MR) is 98.2 cm³/mol. The van der Waals surface area contributed by atoms with Crippen molar-refractivity contribution in [1.82, 2.24) is 0 Å². The summed E-state index contributed by atoms with van der Waals surface area (Å²) in [6.07, 6.45) is 12.4. The van der Waals surface area contributed by atoms with Crippen molar-refractivity contribution in [1.29, 1.82) is 0 Å². The SMILES string of the molecule is C=C(C)/C=C\C(=C)C(=C)/C=C\CC(=C)C(=C)/C=C\C(=C)C. The summed E-state index contributed by atoms with van der Waals surface area (Å²) in [7, 11) is 0. The first-order valence-electron chi connectivity index (χ1n) is 6.83. The third kappa shape index (κ3) is 9.23. The molecular weight excluding hydrogens is 252 g/mol. The molecule has 0 aromatic rings. The fraction of sp³-hybridized carbons (Fsp3) is 0.143. The summed E-state index contributed by atoms with van der Waals surface area (Å²) in [5.74, 6) is 0. The zero-order valence-corrected chi connectivity index (χ0v) is 13.4. The molecule has 0 saturated heterocycles. The van der Waals surface area contributed by atoms with Crippen molar-refractivity contribution in [3.8, 4) is 0 Å². The molecule has 21 heavy (non-hydrogen) atoms. The molecule has 0 bridgehead atoms. The third-order valence-electron chi connectivity index (χ3n) is 2.69. The molecule has 0 radical (unpaired) electrons. The maximum atomic E-state index is 4.02. The van der Waals surface area contributed by atoms with Gasteiger partial charge in [-0.1, -0.05) is 87.1 Å². The van der Waals surface area contributed by atoms with E-state index in [1.54, 1.807) is 0 Å². The molecule has 0 aliphatic rings. The molecule has 0 unspecified atom stereocenters. The van der Waals surface area contributed by atoms with Gasteiger partial charge in [0.2, 0.25) is 0 Å². The van der Waals surface area contributed by atoms with Crippen molar-refractivity contribution in [2.24, 2.45) is 0 Å². The van der Waals surface area contributed by atoms with Gasteiger partial charge in [-0.15, -0.1) is 0 Å². The van der Waals surface area contributed by atoms with E-state index in [2.05, 4.69) is 39.5 Å². The zero-order chi connectivity index (χ0) is 16.4. The van der Waals surface area contributed by atoms with Crippen LogP contribution in [0, 0.1) is 0 Å². The number of hydrogen-bond donors (Lipinski definition) is 0. The minimum Gasteiger partial charge on any atom is -0.0961 e. The molecule has 110 valence electrons. The molecule has 0 aromatic heterocycles. The lowest BCUT2D eigenvalue weighted by atomic mass is 10.0. The Bertz CT molecular complexity index is 557. The first-order valence-corrected chi connectivity index (χ1v) is 6.83. The van der Waals surface area contributed by atoms with Crippen LogP contribution in [0.25, 0.3) is 0 Å². The van der Waals surface area contributed by atoms with E-state index in [0.29, 0.717) is 0 Å². The molecule has 0 atom stereocenters. The molecule has 0 aliphatic carbocycles. The molecule has 0 heteroatoms. The third-order valence-corrected chi connectivity index (χ3v) is 2.69. The van der Waals surface area contributed by atoms with Gasteiger partial charge in [0.1, 0.15) is 0 Å². The van der Waals surface area contributed by atoms with Crippen LogP contribution < -0.4 is 0 Å². The number of allylic oxidation sites excluding steroid dienone is 12. The lowest BCUT2D eigenvalue weighted by Gasteiger charge is -2.03. The van der Waals surface area contributed by atoms with E-state index in [0.717, 1.165) is 39.9 Å². The maximum absolute atomic E-state index is 4.02. The van der Waals surface area contributed by atoms with Crippen molar-refractivity contribution < 1.29 is 0 Å². The summed E-state index contributed by atoms with van der Waals surface area (Å²) in [5.41, 5.74) is 5.62. The van der Waals surface area contributed by atoms with Crippen LogP contribution in [0.5, 0.6) is 0 Å². The average Bonchev–Trinajstić information content (AvgIpc) is 2.41. The Morgan fingerprint density at radius 3 is 1.52 bits per heavy atom. The van der Waals surface area contributed by atoms with E-state index >= 15 is 0 Å². The highest BCUT2D eigenvalue weighted by molar-refractivity contribution is 5.45. The van der Waals surface area contributed by atoms with Crippen LogP contribution >= 0.6 is 0 Å². The van der Waals surface area contributed by atoms with E-state index in [9.17, 15) is 0 Å². The molecule has 0 rings (SSSR count). The second kappa shape index (κ2) is 9.55. The fourth-order valence-corrected chi connectivity index (χ4v) is 1.29. The fourth-order valence-electron chi connectivity index (χ4n) is 1.29. The van der Waals surface area contributed by atoms with Gasteiger partial charge in [0.15, 0.2) is 0 Å². The summed E-state index contributed by atoms with van der Waals surface area (Å²) >= 11 is 0. The van der Waals surface area contributed by atoms with Crippen LogP contribution in [0.2, 0.25) is 0 Å². The highest BCUT2D eigenvalue weighted by atomic mass is 14.0. The summed E-state index contributed by atoms with van der Waals surface area (Å²) < 4.78 is 0. The van der Waals surface area contributed by atoms with E-state index in [-0.39, 0.29) is 0 Å². The van der Waals surface area contributed by atoms with Gasteiger partial charge in [-0.05, 0) is 42.6 Å². The topological polar surface area (TPSA) is 0 Å². The van der Waals surface area contributed by atoms with E-state index < -0.39 is 0 Å². The van der Waals surface area contributed by atoms with Crippen LogP contribution in [-0.2, 0) is 0 Å². The molecule has 0 fully saturated rings. The van der Waals surface area contributed by atoms with Crippen molar-refractivity contribution in [3.05, 3.63) is 109 Å². The first-order chi connectivity index (χ1) is 9.73. The number of hydrogen-bond acceptors (Lipinski definition) is 0. The molecule has 0 spiro atoms. The summed E-state index contributed by atoms with van der Waals surface area (Å²) in [4.78, 5) is 0. The highest BCUT2D eigenvalue weighted by Gasteiger charge is 1.95. The normalized spacial score (nSPS) is 11.1. The first kappa shape index (κ1) is 18.7. The van der Waals surface area contributed by atoms with Gasteiger partial charge in [-0.2, -0.15) is 0 Å². The number of rotatable bonds is 9. The minimum atomic E-state index is 0.732. The van der Waals surface area contributed by atoms with Gasteiger partial charge in [0, 0.05) is 0 Å². The molecule has 0 saturated carbocycles. The van der Waals surface area contributed by atoms with Crippen molar-refractivity contribution in [3.63, 3.8) is 0 Å². The van der Waals surface area contributed by atoms with Gasteiger partial charge in [-0.3, -0.25) is 0 Å². The molecular formula is C21H26. The Balaban J connectivity index is 4.45. The summed E-state index contributed by atoms with van der Waals surface area (Å²) in [6.45, 7) is 27.5. The Kier molecular flexibility index (Phi) is 8.48. The molecule has 0 heterocycles.